The molecular weight excluding hydrogens is 216 g/mol. The van der Waals surface area contributed by atoms with Crippen LogP contribution < -0.4 is 0 Å². The number of methoxy groups -OCH3 is 2. The molecule has 0 aromatic carbocycles. The number of hydrogen-bond acceptors (Lipinski definition) is 3. The minimum Gasteiger partial charge on any atom is -0.382 e. The molecule has 0 amide bonds. The highest BCUT2D eigenvalue weighted by atomic mass is 16.6. The summed E-state index contributed by atoms with van der Waals surface area (Å²) in [6, 6.07) is 0. The van der Waals surface area contributed by atoms with Crippen LogP contribution in [0.5, 0.6) is 0 Å². The number of ether oxygens (including phenoxy) is 3. The lowest BCUT2D eigenvalue weighted by molar-refractivity contribution is -0.209. The SMILES string of the molecule is CCC(CC)(OC)C(CC)(CC)OCCOC. The van der Waals surface area contributed by atoms with Crippen molar-refractivity contribution in [3.63, 3.8) is 0 Å². The van der Waals surface area contributed by atoms with Gasteiger partial charge >= 0.3 is 0 Å². The van der Waals surface area contributed by atoms with Crippen LogP contribution in [0.2, 0.25) is 0 Å². The van der Waals surface area contributed by atoms with E-state index in [-0.39, 0.29) is 11.2 Å². The van der Waals surface area contributed by atoms with E-state index in [0.29, 0.717) is 13.2 Å². The van der Waals surface area contributed by atoms with Crippen LogP contribution in [0.1, 0.15) is 53.4 Å². The topological polar surface area (TPSA) is 27.7 Å². The standard InChI is InChI=1S/C14H30O3/c1-7-13(8-2,16-6)14(9-3,10-4)17-12-11-15-5/h7-12H2,1-6H3. The molecule has 17 heavy (non-hydrogen) atoms. The van der Waals surface area contributed by atoms with E-state index in [9.17, 15) is 0 Å². The first kappa shape index (κ1) is 16.9. The zero-order valence-electron chi connectivity index (χ0n) is 12.5. The molecule has 0 aliphatic rings. The first-order valence-electron chi connectivity index (χ1n) is 6.79. The number of hydrogen-bond donors (Lipinski definition) is 0. The normalized spacial score (nSPS) is 13.1. The fourth-order valence-electron chi connectivity index (χ4n) is 2.92. The Morgan fingerprint density at radius 1 is 0.706 bits per heavy atom. The van der Waals surface area contributed by atoms with Crippen LogP contribution in [0.15, 0.2) is 0 Å². The highest BCUT2D eigenvalue weighted by Crippen LogP contribution is 2.40. The maximum absolute atomic E-state index is 6.16. The fraction of sp³-hybridized carbons (Fsp3) is 1.00. The van der Waals surface area contributed by atoms with Gasteiger partial charge in [0.1, 0.15) is 0 Å². The lowest BCUT2D eigenvalue weighted by atomic mass is 9.74. The van der Waals surface area contributed by atoms with Crippen LogP contribution in [-0.4, -0.2) is 38.6 Å². The molecule has 0 aromatic rings. The van der Waals surface area contributed by atoms with Crippen molar-refractivity contribution < 1.29 is 14.2 Å². The van der Waals surface area contributed by atoms with Crippen molar-refractivity contribution in [2.24, 2.45) is 0 Å². The predicted molar refractivity (Wildman–Crippen MR) is 71.5 cm³/mol. The van der Waals surface area contributed by atoms with E-state index >= 15 is 0 Å². The van der Waals surface area contributed by atoms with Crippen molar-refractivity contribution in [2.45, 2.75) is 64.6 Å². The van der Waals surface area contributed by atoms with Crippen LogP contribution in [-0.2, 0) is 14.2 Å². The van der Waals surface area contributed by atoms with Gasteiger partial charge in [-0.2, -0.15) is 0 Å². The van der Waals surface area contributed by atoms with E-state index < -0.39 is 0 Å². The van der Waals surface area contributed by atoms with Gasteiger partial charge < -0.3 is 14.2 Å². The van der Waals surface area contributed by atoms with Gasteiger partial charge in [-0.25, -0.2) is 0 Å². The molecule has 0 fully saturated rings. The largest absolute Gasteiger partial charge is 0.382 e. The van der Waals surface area contributed by atoms with Gasteiger partial charge in [-0.05, 0) is 25.7 Å². The third-order valence-electron chi connectivity index (χ3n) is 4.17. The maximum atomic E-state index is 6.16. The van der Waals surface area contributed by atoms with Gasteiger partial charge in [0.25, 0.3) is 0 Å². The summed E-state index contributed by atoms with van der Waals surface area (Å²) in [7, 11) is 3.50. The first-order chi connectivity index (χ1) is 8.11. The molecule has 0 atom stereocenters. The van der Waals surface area contributed by atoms with Gasteiger partial charge in [0, 0.05) is 14.2 Å². The van der Waals surface area contributed by atoms with Crippen molar-refractivity contribution in [3.05, 3.63) is 0 Å². The van der Waals surface area contributed by atoms with E-state index in [1.807, 2.05) is 0 Å². The molecule has 0 unspecified atom stereocenters. The Bertz CT molecular complexity index is 176. The van der Waals surface area contributed by atoms with Gasteiger partial charge in [-0.1, -0.05) is 27.7 Å². The second-order valence-corrected chi connectivity index (χ2v) is 4.45. The van der Waals surface area contributed by atoms with Gasteiger partial charge in [0.2, 0.25) is 0 Å². The lowest BCUT2D eigenvalue weighted by Gasteiger charge is -2.48. The minimum absolute atomic E-state index is 0.190. The highest BCUT2D eigenvalue weighted by molar-refractivity contribution is 4.99. The van der Waals surface area contributed by atoms with Crippen molar-refractivity contribution in [1.29, 1.82) is 0 Å². The molecular formula is C14H30O3. The van der Waals surface area contributed by atoms with E-state index in [2.05, 4.69) is 27.7 Å². The van der Waals surface area contributed by atoms with Crippen molar-refractivity contribution in [2.75, 3.05) is 27.4 Å². The summed E-state index contributed by atoms with van der Waals surface area (Å²) in [6.45, 7) is 9.96. The number of rotatable bonds is 10. The lowest BCUT2D eigenvalue weighted by Crippen LogP contribution is -2.56. The summed E-state index contributed by atoms with van der Waals surface area (Å²) in [5, 5.41) is 0. The molecule has 3 heteroatoms. The molecule has 0 saturated carbocycles. The molecule has 0 saturated heterocycles. The van der Waals surface area contributed by atoms with Gasteiger partial charge in [0.05, 0.1) is 24.4 Å². The third-order valence-corrected chi connectivity index (χ3v) is 4.17. The van der Waals surface area contributed by atoms with E-state index in [4.69, 9.17) is 14.2 Å². The molecule has 0 heterocycles. The Labute approximate surface area is 107 Å². The Balaban J connectivity index is 4.98. The molecule has 0 rings (SSSR count). The monoisotopic (exact) mass is 246 g/mol. The molecule has 0 aromatic heterocycles. The van der Waals surface area contributed by atoms with Crippen molar-refractivity contribution >= 4 is 0 Å². The minimum atomic E-state index is -0.205. The van der Waals surface area contributed by atoms with Crippen LogP contribution >= 0.6 is 0 Å². The summed E-state index contributed by atoms with van der Waals surface area (Å²) < 4.78 is 17.1. The molecule has 0 N–H and O–H groups in total. The predicted octanol–water partition coefficient (Wildman–Crippen LogP) is 3.41. The average molecular weight is 246 g/mol. The molecule has 0 spiro atoms. The molecule has 104 valence electrons. The van der Waals surface area contributed by atoms with Gasteiger partial charge in [-0.3, -0.25) is 0 Å². The Morgan fingerprint density at radius 2 is 1.18 bits per heavy atom. The van der Waals surface area contributed by atoms with Crippen molar-refractivity contribution in [1.82, 2.24) is 0 Å². The van der Waals surface area contributed by atoms with E-state index in [1.54, 1.807) is 14.2 Å². The van der Waals surface area contributed by atoms with Crippen LogP contribution in [0.4, 0.5) is 0 Å². The smallest absolute Gasteiger partial charge is 0.0966 e. The quantitative estimate of drug-likeness (QED) is 0.553. The van der Waals surface area contributed by atoms with E-state index in [1.165, 1.54) is 0 Å². The van der Waals surface area contributed by atoms with Crippen LogP contribution in [0, 0.1) is 0 Å². The Morgan fingerprint density at radius 3 is 1.47 bits per heavy atom. The summed E-state index contributed by atoms with van der Waals surface area (Å²) >= 11 is 0. The Kier molecular flexibility index (Phi) is 8.01. The molecule has 0 aliphatic heterocycles. The van der Waals surface area contributed by atoms with Crippen LogP contribution in [0.3, 0.4) is 0 Å². The third kappa shape index (κ3) is 3.43. The molecule has 3 nitrogen and oxygen atoms in total. The average Bonchev–Trinajstić information content (AvgIpc) is 2.39. The second kappa shape index (κ2) is 8.06. The molecule has 0 radical (unpaired) electrons. The first-order valence-corrected chi connectivity index (χ1v) is 6.79. The maximum Gasteiger partial charge on any atom is 0.0966 e. The zero-order chi connectivity index (χ0) is 13.4. The summed E-state index contributed by atoms with van der Waals surface area (Å²) in [4.78, 5) is 0. The summed E-state index contributed by atoms with van der Waals surface area (Å²) in [5.41, 5.74) is -0.395. The highest BCUT2D eigenvalue weighted by Gasteiger charge is 2.48. The molecule has 0 bridgehead atoms. The molecule has 0 aliphatic carbocycles. The van der Waals surface area contributed by atoms with Gasteiger partial charge in [0.15, 0.2) is 0 Å². The fourth-order valence-corrected chi connectivity index (χ4v) is 2.92. The van der Waals surface area contributed by atoms with Gasteiger partial charge in [-0.15, -0.1) is 0 Å². The summed E-state index contributed by atoms with van der Waals surface area (Å²) in [5.74, 6) is 0. The Hall–Kier alpha value is -0.120. The zero-order valence-corrected chi connectivity index (χ0v) is 12.5. The van der Waals surface area contributed by atoms with E-state index in [0.717, 1.165) is 25.7 Å². The van der Waals surface area contributed by atoms with Crippen molar-refractivity contribution in [3.8, 4) is 0 Å². The van der Waals surface area contributed by atoms with Crippen LogP contribution in [0.25, 0.3) is 0 Å². The second-order valence-electron chi connectivity index (χ2n) is 4.45. The summed E-state index contributed by atoms with van der Waals surface area (Å²) in [6.07, 6.45) is 3.86.